The molecule has 1 N–H and O–H groups in total. The normalized spacial score (nSPS) is 14.2. The van der Waals surface area contributed by atoms with E-state index in [1.165, 1.54) is 0 Å². The Bertz CT molecular complexity index is 466. The van der Waals surface area contributed by atoms with Crippen molar-refractivity contribution in [3.05, 3.63) is 35.5 Å². The van der Waals surface area contributed by atoms with Gasteiger partial charge in [-0.2, -0.15) is 0 Å². The summed E-state index contributed by atoms with van der Waals surface area (Å²) in [6.45, 7) is 3.13. The zero-order chi connectivity index (χ0) is 12.3. The van der Waals surface area contributed by atoms with Crippen molar-refractivity contribution < 1.29 is 14.3 Å². The van der Waals surface area contributed by atoms with E-state index in [2.05, 4.69) is 5.32 Å². The third kappa shape index (κ3) is 2.41. The highest BCUT2D eigenvalue weighted by atomic mass is 16.5. The second-order valence-corrected chi connectivity index (χ2v) is 3.71. The number of ether oxygens (including phenoxy) is 2. The van der Waals surface area contributed by atoms with E-state index in [0.717, 1.165) is 12.2 Å². The van der Waals surface area contributed by atoms with Crippen LogP contribution in [0.4, 0.5) is 0 Å². The van der Waals surface area contributed by atoms with Gasteiger partial charge in [-0.15, -0.1) is 0 Å². The van der Waals surface area contributed by atoms with Gasteiger partial charge in [0.1, 0.15) is 18.1 Å². The molecule has 0 fully saturated rings. The fourth-order valence-electron chi connectivity index (χ4n) is 1.72. The second kappa shape index (κ2) is 4.91. The standard InChI is InChI=1S/C13H15NO3/c1-3-14-9-6-12(15)11-7-10(16-2)4-5-13(11)17-8-9/h4-7,14H,3,8H2,1-2H3. The average Bonchev–Trinajstić information content (AvgIpc) is 2.50. The number of carbonyl (C=O) groups excluding carboxylic acids is 1. The van der Waals surface area contributed by atoms with Crippen LogP contribution in [0.2, 0.25) is 0 Å². The molecule has 0 aliphatic carbocycles. The molecule has 4 heteroatoms. The summed E-state index contributed by atoms with van der Waals surface area (Å²) in [5, 5.41) is 3.10. The van der Waals surface area contributed by atoms with E-state index < -0.39 is 0 Å². The molecule has 0 spiro atoms. The third-order valence-electron chi connectivity index (χ3n) is 2.54. The number of methoxy groups -OCH3 is 1. The smallest absolute Gasteiger partial charge is 0.191 e. The van der Waals surface area contributed by atoms with Crippen LogP contribution in [-0.4, -0.2) is 26.0 Å². The molecule has 0 bridgehead atoms. The van der Waals surface area contributed by atoms with Crippen LogP contribution in [0.15, 0.2) is 30.0 Å². The van der Waals surface area contributed by atoms with Gasteiger partial charge in [-0.3, -0.25) is 4.79 Å². The minimum atomic E-state index is -0.0626. The first-order chi connectivity index (χ1) is 8.24. The Morgan fingerprint density at radius 3 is 3.00 bits per heavy atom. The monoisotopic (exact) mass is 233 g/mol. The minimum absolute atomic E-state index is 0.0626. The number of ketones is 1. The maximum atomic E-state index is 12.0. The van der Waals surface area contributed by atoms with Gasteiger partial charge in [-0.1, -0.05) is 0 Å². The zero-order valence-corrected chi connectivity index (χ0v) is 9.95. The lowest BCUT2D eigenvalue weighted by Gasteiger charge is -2.09. The first-order valence-electron chi connectivity index (χ1n) is 5.54. The van der Waals surface area contributed by atoms with Crippen molar-refractivity contribution >= 4 is 5.78 Å². The molecule has 1 aliphatic heterocycles. The summed E-state index contributed by atoms with van der Waals surface area (Å²) < 4.78 is 10.7. The van der Waals surface area contributed by atoms with Crippen molar-refractivity contribution in [3.63, 3.8) is 0 Å². The molecule has 0 amide bonds. The van der Waals surface area contributed by atoms with Crippen molar-refractivity contribution in [1.82, 2.24) is 5.32 Å². The highest BCUT2D eigenvalue weighted by Crippen LogP contribution is 2.27. The predicted molar refractivity (Wildman–Crippen MR) is 64.6 cm³/mol. The molecule has 0 unspecified atom stereocenters. The van der Waals surface area contributed by atoms with Crippen LogP contribution in [0.3, 0.4) is 0 Å². The van der Waals surface area contributed by atoms with Crippen molar-refractivity contribution in [2.24, 2.45) is 0 Å². The summed E-state index contributed by atoms with van der Waals surface area (Å²) in [4.78, 5) is 12.0. The molecule has 0 saturated heterocycles. The van der Waals surface area contributed by atoms with Gasteiger partial charge in [0, 0.05) is 12.6 Å². The first kappa shape index (κ1) is 11.5. The van der Waals surface area contributed by atoms with Crippen molar-refractivity contribution in [2.45, 2.75) is 6.92 Å². The van der Waals surface area contributed by atoms with E-state index in [1.807, 2.05) is 6.92 Å². The summed E-state index contributed by atoms with van der Waals surface area (Å²) in [7, 11) is 1.57. The van der Waals surface area contributed by atoms with Gasteiger partial charge in [0.2, 0.25) is 0 Å². The van der Waals surface area contributed by atoms with E-state index in [4.69, 9.17) is 9.47 Å². The maximum Gasteiger partial charge on any atom is 0.191 e. The molecule has 1 aliphatic rings. The van der Waals surface area contributed by atoms with Crippen molar-refractivity contribution in [2.75, 3.05) is 20.3 Å². The summed E-state index contributed by atoms with van der Waals surface area (Å²) in [6, 6.07) is 5.24. The molecule has 0 radical (unpaired) electrons. The zero-order valence-electron chi connectivity index (χ0n) is 9.95. The first-order valence-corrected chi connectivity index (χ1v) is 5.54. The highest BCUT2D eigenvalue weighted by Gasteiger charge is 2.17. The summed E-state index contributed by atoms with van der Waals surface area (Å²) in [5.74, 6) is 1.19. The fourth-order valence-corrected chi connectivity index (χ4v) is 1.72. The van der Waals surface area contributed by atoms with Gasteiger partial charge in [-0.25, -0.2) is 0 Å². The molecule has 1 aromatic carbocycles. The van der Waals surface area contributed by atoms with Crippen molar-refractivity contribution in [1.29, 1.82) is 0 Å². The summed E-state index contributed by atoms with van der Waals surface area (Å²) in [5.41, 5.74) is 1.34. The Morgan fingerprint density at radius 2 is 2.29 bits per heavy atom. The lowest BCUT2D eigenvalue weighted by molar-refractivity contribution is 0.104. The van der Waals surface area contributed by atoms with E-state index in [9.17, 15) is 4.79 Å². The van der Waals surface area contributed by atoms with Crippen LogP contribution >= 0.6 is 0 Å². The Balaban J connectivity index is 2.34. The van der Waals surface area contributed by atoms with Crippen LogP contribution in [0.5, 0.6) is 11.5 Å². The molecule has 17 heavy (non-hydrogen) atoms. The van der Waals surface area contributed by atoms with E-state index in [0.29, 0.717) is 23.7 Å². The number of fused-ring (bicyclic) bond motifs is 1. The molecule has 2 rings (SSSR count). The number of rotatable bonds is 3. The van der Waals surface area contributed by atoms with Crippen LogP contribution in [0.25, 0.3) is 0 Å². The van der Waals surface area contributed by atoms with Gasteiger partial charge >= 0.3 is 0 Å². The van der Waals surface area contributed by atoms with Gasteiger partial charge in [-0.05, 0) is 25.1 Å². The quantitative estimate of drug-likeness (QED) is 0.864. The Morgan fingerprint density at radius 1 is 1.47 bits per heavy atom. The number of benzene rings is 1. The van der Waals surface area contributed by atoms with E-state index >= 15 is 0 Å². The van der Waals surface area contributed by atoms with Crippen molar-refractivity contribution in [3.8, 4) is 11.5 Å². The van der Waals surface area contributed by atoms with Gasteiger partial charge in [0.05, 0.1) is 18.4 Å². The third-order valence-corrected chi connectivity index (χ3v) is 2.54. The lowest BCUT2D eigenvalue weighted by Crippen LogP contribution is -2.17. The molecular formula is C13H15NO3. The van der Waals surface area contributed by atoms with E-state index in [1.54, 1.807) is 31.4 Å². The fraction of sp³-hybridized carbons (Fsp3) is 0.308. The number of hydrogen-bond acceptors (Lipinski definition) is 4. The van der Waals surface area contributed by atoms with Crippen LogP contribution < -0.4 is 14.8 Å². The van der Waals surface area contributed by atoms with Gasteiger partial charge in [0.15, 0.2) is 5.78 Å². The minimum Gasteiger partial charge on any atom is -0.497 e. The molecule has 0 saturated carbocycles. The molecule has 4 nitrogen and oxygen atoms in total. The predicted octanol–water partition coefficient (Wildman–Crippen LogP) is 1.76. The summed E-state index contributed by atoms with van der Waals surface area (Å²) in [6.07, 6.45) is 1.58. The number of carbonyl (C=O) groups is 1. The van der Waals surface area contributed by atoms with Gasteiger partial charge in [0.25, 0.3) is 0 Å². The van der Waals surface area contributed by atoms with Crippen LogP contribution in [0.1, 0.15) is 17.3 Å². The molecular weight excluding hydrogens is 218 g/mol. The highest BCUT2D eigenvalue weighted by molar-refractivity contribution is 6.07. The number of nitrogens with one attached hydrogen (secondary N) is 1. The Kier molecular flexibility index (Phi) is 3.32. The second-order valence-electron chi connectivity index (χ2n) is 3.71. The van der Waals surface area contributed by atoms with E-state index in [-0.39, 0.29) is 5.78 Å². The summed E-state index contributed by atoms with van der Waals surface area (Å²) >= 11 is 0. The maximum absolute atomic E-state index is 12.0. The topological polar surface area (TPSA) is 47.6 Å². The van der Waals surface area contributed by atoms with Gasteiger partial charge < -0.3 is 14.8 Å². The van der Waals surface area contributed by atoms with Crippen LogP contribution in [0, 0.1) is 0 Å². The SMILES string of the molecule is CCNC1=CC(=O)c2cc(OC)ccc2OC1. The Hall–Kier alpha value is -1.97. The molecule has 90 valence electrons. The largest absolute Gasteiger partial charge is 0.497 e. The lowest BCUT2D eigenvalue weighted by atomic mass is 10.1. The molecule has 1 aromatic rings. The number of allylic oxidation sites excluding steroid dienone is 1. The molecule has 1 heterocycles. The van der Waals surface area contributed by atoms with Crippen LogP contribution in [-0.2, 0) is 0 Å². The molecule has 0 aromatic heterocycles. The Labute approximate surface area is 100 Å². The average molecular weight is 233 g/mol. The number of hydrogen-bond donors (Lipinski definition) is 1. The molecule has 0 atom stereocenters. The number of likely N-dealkylation sites (N-methyl/N-ethyl adjacent to an activating group) is 1.